The van der Waals surface area contributed by atoms with Crippen LogP contribution < -0.4 is 0 Å². The highest BCUT2D eigenvalue weighted by atomic mass is 32.2. The van der Waals surface area contributed by atoms with E-state index in [0.717, 1.165) is 23.5 Å². The number of ether oxygens (including phenoxy) is 4. The van der Waals surface area contributed by atoms with Crippen LogP contribution >= 0.6 is 23.5 Å². The van der Waals surface area contributed by atoms with Crippen molar-refractivity contribution in [3.8, 4) is 0 Å². The minimum atomic E-state index is -1.34. The molecule has 1 aliphatic rings. The number of methoxy groups -OCH3 is 2. The minimum absolute atomic E-state index is 0.271. The van der Waals surface area contributed by atoms with Crippen LogP contribution in [-0.4, -0.2) is 57.7 Å². The Morgan fingerprint density at radius 1 is 0.769 bits per heavy atom. The van der Waals surface area contributed by atoms with E-state index in [4.69, 9.17) is 18.9 Å². The lowest BCUT2D eigenvalue weighted by atomic mass is 10.0. The van der Waals surface area contributed by atoms with Crippen LogP contribution in [0.5, 0.6) is 0 Å². The highest BCUT2D eigenvalue weighted by Gasteiger charge is 2.60. The average molecular weight is 409 g/mol. The molecule has 1 fully saturated rings. The predicted molar refractivity (Wildman–Crippen MR) is 105 cm³/mol. The van der Waals surface area contributed by atoms with Gasteiger partial charge in [-0.2, -0.15) is 0 Å². The van der Waals surface area contributed by atoms with Gasteiger partial charge in [0.2, 0.25) is 21.8 Å². The second kappa shape index (κ2) is 8.09. The third-order valence-electron chi connectivity index (χ3n) is 3.86. The zero-order chi connectivity index (χ0) is 20.6. The summed E-state index contributed by atoms with van der Waals surface area (Å²) < 4.78 is 22.3. The summed E-state index contributed by atoms with van der Waals surface area (Å²) in [6, 6.07) is 0. The van der Waals surface area contributed by atoms with Crippen molar-refractivity contribution in [3.05, 3.63) is 0 Å². The summed E-state index contributed by atoms with van der Waals surface area (Å²) in [5, 5.41) is -0.543. The van der Waals surface area contributed by atoms with Crippen LogP contribution in [0.4, 0.5) is 0 Å². The molecular formula is C18H32O6S2. The van der Waals surface area contributed by atoms with Crippen LogP contribution in [0.3, 0.4) is 0 Å². The molecule has 0 saturated carbocycles. The zero-order valence-corrected chi connectivity index (χ0v) is 19.1. The summed E-state index contributed by atoms with van der Waals surface area (Å²) in [6.07, 6.45) is -2.18. The standard InChI is InChI=1S/C18H32O6S2/c1-15(2,3)25-13(19)11-12(14(20)26-16(4,5)6)24-18(8,22-10)17(7,21-9)23-11/h11-12H,1-10H3/t11-,12+,17-,18-/m1/s1. The van der Waals surface area contributed by atoms with Crippen LogP contribution in [0, 0.1) is 0 Å². The largest absolute Gasteiger partial charge is 0.349 e. The van der Waals surface area contributed by atoms with Gasteiger partial charge in [-0.25, -0.2) is 0 Å². The topological polar surface area (TPSA) is 71.1 Å². The van der Waals surface area contributed by atoms with Gasteiger partial charge in [-0.3, -0.25) is 9.59 Å². The second-order valence-corrected chi connectivity index (χ2v) is 12.1. The monoisotopic (exact) mass is 408 g/mol. The fraction of sp³-hybridized carbons (Fsp3) is 0.889. The Labute approximate surface area is 165 Å². The van der Waals surface area contributed by atoms with Crippen molar-refractivity contribution < 1.29 is 28.5 Å². The maximum Gasteiger partial charge on any atom is 0.221 e. The summed E-state index contributed by atoms with van der Waals surface area (Å²) in [4.78, 5) is 25.8. The molecule has 0 N–H and O–H groups in total. The number of hydrogen-bond acceptors (Lipinski definition) is 8. The Morgan fingerprint density at radius 3 is 1.23 bits per heavy atom. The van der Waals surface area contributed by atoms with Crippen molar-refractivity contribution >= 4 is 33.8 Å². The third kappa shape index (κ3) is 5.69. The van der Waals surface area contributed by atoms with Crippen molar-refractivity contribution in [2.24, 2.45) is 0 Å². The molecule has 8 heteroatoms. The first-order chi connectivity index (χ1) is 11.6. The third-order valence-corrected chi connectivity index (χ3v) is 5.95. The highest BCUT2D eigenvalue weighted by Crippen LogP contribution is 2.43. The summed E-state index contributed by atoms with van der Waals surface area (Å²) in [5.41, 5.74) is 0. The fourth-order valence-corrected chi connectivity index (χ4v) is 4.14. The van der Waals surface area contributed by atoms with Crippen LogP contribution in [0.2, 0.25) is 0 Å². The van der Waals surface area contributed by atoms with Gasteiger partial charge in [-0.05, 0) is 13.8 Å². The molecule has 4 atom stereocenters. The predicted octanol–water partition coefficient (Wildman–Crippen LogP) is 3.61. The fourth-order valence-electron chi connectivity index (χ4n) is 2.35. The van der Waals surface area contributed by atoms with E-state index in [0.29, 0.717) is 0 Å². The molecule has 0 spiro atoms. The SMILES string of the molecule is CO[C@]1(C)O[C@H](C(=O)SC(C)(C)C)[C@H](C(=O)SC(C)(C)C)O[C@@]1(C)OC. The van der Waals surface area contributed by atoms with Gasteiger partial charge < -0.3 is 18.9 Å². The normalized spacial score (nSPS) is 33.2. The maximum atomic E-state index is 12.9. The first kappa shape index (κ1) is 23.9. The Morgan fingerprint density at radius 2 is 1.04 bits per heavy atom. The number of carbonyl (C=O) groups is 2. The van der Waals surface area contributed by atoms with Gasteiger partial charge in [0.05, 0.1) is 0 Å². The quantitative estimate of drug-likeness (QED) is 0.699. The van der Waals surface area contributed by atoms with Crippen LogP contribution in [-0.2, 0) is 28.5 Å². The van der Waals surface area contributed by atoms with Crippen molar-refractivity contribution in [2.75, 3.05) is 14.2 Å². The van der Waals surface area contributed by atoms with Crippen molar-refractivity contribution in [1.29, 1.82) is 0 Å². The number of carbonyl (C=O) groups excluding carboxylic acids is 2. The Bertz CT molecular complexity index is 491. The molecule has 152 valence electrons. The molecular weight excluding hydrogens is 376 g/mol. The van der Waals surface area contributed by atoms with Crippen LogP contribution in [0.1, 0.15) is 55.4 Å². The van der Waals surface area contributed by atoms with E-state index in [1.165, 1.54) is 14.2 Å². The van der Waals surface area contributed by atoms with Crippen LogP contribution in [0.25, 0.3) is 0 Å². The first-order valence-corrected chi connectivity index (χ1v) is 10.1. The summed E-state index contributed by atoms with van der Waals surface area (Å²) in [5.74, 6) is -2.69. The van der Waals surface area contributed by atoms with Gasteiger partial charge in [0.1, 0.15) is 0 Å². The molecule has 0 aromatic rings. The number of rotatable bonds is 4. The lowest BCUT2D eigenvalue weighted by Gasteiger charge is -2.51. The smallest absolute Gasteiger partial charge is 0.221 e. The molecule has 0 unspecified atom stereocenters. The number of thioether (sulfide) groups is 2. The molecule has 0 radical (unpaired) electrons. The molecule has 0 aromatic carbocycles. The van der Waals surface area contributed by atoms with Crippen LogP contribution in [0.15, 0.2) is 0 Å². The molecule has 0 aromatic heterocycles. The molecule has 1 rings (SSSR count). The van der Waals surface area contributed by atoms with E-state index in [2.05, 4.69) is 0 Å². The summed E-state index contributed by atoms with van der Waals surface area (Å²) in [7, 11) is 2.90. The zero-order valence-electron chi connectivity index (χ0n) is 17.4. The highest BCUT2D eigenvalue weighted by molar-refractivity contribution is 8.15. The van der Waals surface area contributed by atoms with E-state index < -0.39 is 23.8 Å². The Hall–Kier alpha value is -0.120. The lowest BCUT2D eigenvalue weighted by molar-refractivity contribution is -0.435. The van der Waals surface area contributed by atoms with E-state index in [-0.39, 0.29) is 19.7 Å². The van der Waals surface area contributed by atoms with Gasteiger partial charge in [0, 0.05) is 23.7 Å². The molecule has 1 heterocycles. The lowest BCUT2D eigenvalue weighted by Crippen LogP contribution is -2.67. The Kier molecular flexibility index (Phi) is 7.44. The maximum absolute atomic E-state index is 12.9. The van der Waals surface area contributed by atoms with E-state index in [9.17, 15) is 9.59 Å². The molecule has 0 amide bonds. The molecule has 6 nitrogen and oxygen atoms in total. The van der Waals surface area contributed by atoms with E-state index >= 15 is 0 Å². The molecule has 0 aliphatic carbocycles. The minimum Gasteiger partial charge on any atom is -0.349 e. The molecule has 26 heavy (non-hydrogen) atoms. The van der Waals surface area contributed by atoms with Crippen molar-refractivity contribution in [1.82, 2.24) is 0 Å². The number of hydrogen-bond donors (Lipinski definition) is 0. The van der Waals surface area contributed by atoms with E-state index in [1.807, 2.05) is 41.5 Å². The van der Waals surface area contributed by atoms with Gasteiger partial charge >= 0.3 is 0 Å². The van der Waals surface area contributed by atoms with Crippen molar-refractivity contribution in [3.63, 3.8) is 0 Å². The second-order valence-electron chi connectivity index (χ2n) is 8.44. The molecule has 1 aliphatic heterocycles. The Balaban J connectivity index is 3.26. The van der Waals surface area contributed by atoms with Gasteiger partial charge in [-0.1, -0.05) is 65.1 Å². The van der Waals surface area contributed by atoms with Gasteiger partial charge in [-0.15, -0.1) is 0 Å². The molecule has 1 saturated heterocycles. The first-order valence-electron chi connectivity index (χ1n) is 8.49. The summed E-state index contributed by atoms with van der Waals surface area (Å²) in [6.45, 7) is 14.8. The van der Waals surface area contributed by atoms with Crippen molar-refractivity contribution in [2.45, 2.75) is 88.7 Å². The van der Waals surface area contributed by atoms with Gasteiger partial charge in [0.15, 0.2) is 12.2 Å². The average Bonchev–Trinajstić information content (AvgIpc) is 2.46. The van der Waals surface area contributed by atoms with Gasteiger partial charge in [0.25, 0.3) is 0 Å². The molecule has 0 bridgehead atoms. The summed E-state index contributed by atoms with van der Waals surface area (Å²) >= 11 is 2.24. The van der Waals surface area contributed by atoms with E-state index in [1.54, 1.807) is 13.8 Å².